The lowest BCUT2D eigenvalue weighted by molar-refractivity contribution is -0.143. The van der Waals surface area contributed by atoms with Crippen molar-refractivity contribution in [3.8, 4) is 17.0 Å². The Morgan fingerprint density at radius 2 is 1.93 bits per heavy atom. The molecule has 0 bridgehead atoms. The van der Waals surface area contributed by atoms with Crippen molar-refractivity contribution in [2.45, 2.75) is 27.3 Å². The summed E-state index contributed by atoms with van der Waals surface area (Å²) >= 11 is 7.54. The average Bonchev–Trinajstić information content (AvgIpc) is 2.93. The van der Waals surface area contributed by atoms with Gasteiger partial charge in [0.2, 0.25) is 11.8 Å². The number of carbonyl (C=O) groups is 2. The van der Waals surface area contributed by atoms with Crippen LogP contribution in [-0.4, -0.2) is 31.8 Å². The summed E-state index contributed by atoms with van der Waals surface area (Å²) in [5.74, 6) is -0.466. The van der Waals surface area contributed by atoms with Crippen molar-refractivity contribution in [1.29, 1.82) is 0 Å². The number of imide groups is 1. The molecule has 2 amide bonds. The lowest BCUT2D eigenvalue weighted by Crippen LogP contribution is -2.35. The summed E-state index contributed by atoms with van der Waals surface area (Å²) in [6, 6.07) is 5.27. The maximum Gasteiger partial charge on any atom is 0.234 e. The van der Waals surface area contributed by atoms with Crippen LogP contribution in [0.2, 0.25) is 5.15 Å². The number of halogens is 1. The molecule has 2 fully saturated rings. The van der Waals surface area contributed by atoms with E-state index in [0.717, 1.165) is 20.7 Å². The first kappa shape index (κ1) is 18.5. The van der Waals surface area contributed by atoms with Crippen LogP contribution in [0.1, 0.15) is 24.3 Å². The molecule has 6 nitrogen and oxygen atoms in total. The number of aryl methyl sites for hydroxylation is 1. The normalized spacial score (nSPS) is 22.4. The molecule has 1 saturated heterocycles. The largest absolute Gasteiger partial charge is 0.505 e. The van der Waals surface area contributed by atoms with Gasteiger partial charge in [0.1, 0.15) is 16.6 Å². The first-order valence-corrected chi connectivity index (χ1v) is 10.5. The Morgan fingerprint density at radius 3 is 2.62 bits per heavy atom. The molecule has 2 unspecified atom stereocenters. The van der Waals surface area contributed by atoms with Crippen molar-refractivity contribution in [1.82, 2.24) is 14.9 Å². The number of amides is 2. The van der Waals surface area contributed by atoms with Crippen molar-refractivity contribution in [2.75, 3.05) is 0 Å². The van der Waals surface area contributed by atoms with Crippen molar-refractivity contribution in [3.63, 3.8) is 0 Å². The Kier molecular flexibility index (Phi) is 3.83. The SMILES string of the molecule is Cc1cc(Cl)nc(-c2ccnc3cc(CN4C(=O)C5C(C4=O)C5(C)C)sc23)c1O. The van der Waals surface area contributed by atoms with Gasteiger partial charge in [0.05, 0.1) is 28.6 Å². The van der Waals surface area contributed by atoms with Crippen LogP contribution in [-0.2, 0) is 16.1 Å². The van der Waals surface area contributed by atoms with Gasteiger partial charge in [-0.2, -0.15) is 0 Å². The van der Waals surface area contributed by atoms with Gasteiger partial charge in [0.15, 0.2) is 0 Å². The number of hydrogen-bond acceptors (Lipinski definition) is 6. The van der Waals surface area contributed by atoms with E-state index < -0.39 is 0 Å². The van der Waals surface area contributed by atoms with Crippen molar-refractivity contribution in [2.24, 2.45) is 17.3 Å². The van der Waals surface area contributed by atoms with Crippen LogP contribution >= 0.6 is 22.9 Å². The fourth-order valence-electron chi connectivity index (χ4n) is 4.38. The van der Waals surface area contributed by atoms with Gasteiger partial charge in [-0.1, -0.05) is 25.4 Å². The minimum absolute atomic E-state index is 0.0732. The quantitative estimate of drug-likeness (QED) is 0.501. The van der Waals surface area contributed by atoms with E-state index in [9.17, 15) is 14.7 Å². The molecular formula is C21H18ClN3O3S. The zero-order valence-corrected chi connectivity index (χ0v) is 17.6. The Morgan fingerprint density at radius 1 is 1.24 bits per heavy atom. The molecule has 2 atom stereocenters. The van der Waals surface area contributed by atoms with Gasteiger partial charge in [-0.05, 0) is 36.1 Å². The van der Waals surface area contributed by atoms with E-state index in [-0.39, 0.29) is 41.4 Å². The molecule has 29 heavy (non-hydrogen) atoms. The number of fused-ring (bicyclic) bond motifs is 2. The number of likely N-dealkylation sites (tertiary alicyclic amines) is 1. The van der Waals surface area contributed by atoms with E-state index in [2.05, 4.69) is 9.97 Å². The maximum atomic E-state index is 12.6. The molecule has 4 heterocycles. The Balaban J connectivity index is 1.52. The summed E-state index contributed by atoms with van der Waals surface area (Å²) in [4.78, 5) is 36.2. The van der Waals surface area contributed by atoms with Gasteiger partial charge >= 0.3 is 0 Å². The summed E-state index contributed by atoms with van der Waals surface area (Å²) < 4.78 is 0.830. The van der Waals surface area contributed by atoms with E-state index >= 15 is 0 Å². The monoisotopic (exact) mass is 427 g/mol. The van der Waals surface area contributed by atoms with Crippen LogP contribution in [0.5, 0.6) is 5.75 Å². The average molecular weight is 428 g/mol. The third-order valence-corrected chi connectivity index (χ3v) is 7.41. The Bertz CT molecular complexity index is 1200. The van der Waals surface area contributed by atoms with E-state index in [4.69, 9.17) is 11.6 Å². The van der Waals surface area contributed by atoms with Crippen LogP contribution in [0.4, 0.5) is 0 Å². The van der Waals surface area contributed by atoms with Crippen LogP contribution in [0.3, 0.4) is 0 Å². The number of carbonyl (C=O) groups excluding carboxylic acids is 2. The van der Waals surface area contributed by atoms with Crippen LogP contribution in [0.25, 0.3) is 21.5 Å². The molecular weight excluding hydrogens is 410 g/mol. The van der Waals surface area contributed by atoms with Crippen molar-refractivity contribution in [3.05, 3.63) is 40.0 Å². The number of aromatic hydroxyl groups is 1. The summed E-state index contributed by atoms with van der Waals surface area (Å²) in [5, 5.41) is 10.8. The predicted octanol–water partition coefficient (Wildman–Crippen LogP) is 4.17. The molecule has 0 aromatic carbocycles. The highest BCUT2D eigenvalue weighted by molar-refractivity contribution is 7.19. The number of piperidine rings is 1. The van der Waals surface area contributed by atoms with Gasteiger partial charge in [-0.15, -0.1) is 11.3 Å². The van der Waals surface area contributed by atoms with Crippen LogP contribution in [0, 0.1) is 24.2 Å². The second-order valence-corrected chi connectivity index (χ2v) is 9.81. The van der Waals surface area contributed by atoms with Gasteiger partial charge in [0, 0.05) is 16.6 Å². The van der Waals surface area contributed by atoms with Crippen LogP contribution in [0.15, 0.2) is 24.4 Å². The number of pyridine rings is 2. The van der Waals surface area contributed by atoms with Crippen LogP contribution < -0.4 is 0 Å². The molecule has 1 N–H and O–H groups in total. The summed E-state index contributed by atoms with van der Waals surface area (Å²) in [6.45, 7) is 5.95. The number of hydrogen-bond donors (Lipinski definition) is 1. The molecule has 8 heteroatoms. The molecule has 148 valence electrons. The van der Waals surface area contributed by atoms with Gasteiger partial charge < -0.3 is 5.11 Å². The third kappa shape index (κ3) is 2.60. The molecule has 3 aromatic heterocycles. The Hall–Kier alpha value is -2.51. The lowest BCUT2D eigenvalue weighted by atomic mass is 10.1. The molecule has 0 radical (unpaired) electrons. The first-order chi connectivity index (χ1) is 13.7. The van der Waals surface area contributed by atoms with Gasteiger partial charge in [-0.3, -0.25) is 19.5 Å². The fourth-order valence-corrected chi connectivity index (χ4v) is 5.75. The zero-order valence-electron chi connectivity index (χ0n) is 16.1. The predicted molar refractivity (Wildman–Crippen MR) is 111 cm³/mol. The summed E-state index contributed by atoms with van der Waals surface area (Å²) in [6.07, 6.45) is 1.65. The lowest BCUT2D eigenvalue weighted by Gasteiger charge is -2.19. The highest BCUT2D eigenvalue weighted by atomic mass is 35.5. The molecule has 1 saturated carbocycles. The second kappa shape index (κ2) is 6.00. The van der Waals surface area contributed by atoms with E-state index in [1.54, 1.807) is 25.3 Å². The van der Waals surface area contributed by atoms with E-state index in [1.165, 1.54) is 16.2 Å². The van der Waals surface area contributed by atoms with E-state index in [1.807, 2.05) is 19.9 Å². The van der Waals surface area contributed by atoms with Crippen molar-refractivity contribution >= 4 is 45.0 Å². The van der Waals surface area contributed by atoms with Gasteiger partial charge in [0.25, 0.3) is 0 Å². The minimum Gasteiger partial charge on any atom is -0.505 e. The number of rotatable bonds is 3. The molecule has 1 aliphatic carbocycles. The fraction of sp³-hybridized carbons (Fsp3) is 0.333. The standard InChI is InChI=1S/C21H18ClN3O3S/c1-9-6-13(22)24-16(17(9)26)11-4-5-23-12-7-10(29-18(11)12)8-25-19(27)14-15(20(25)28)21(14,2)3/h4-7,14-15,26H,8H2,1-3H3. The van der Waals surface area contributed by atoms with Gasteiger partial charge in [-0.25, -0.2) is 4.98 Å². The number of nitrogens with zero attached hydrogens (tertiary/aromatic N) is 3. The summed E-state index contributed by atoms with van der Waals surface area (Å²) in [5.41, 5.74) is 2.26. The smallest absolute Gasteiger partial charge is 0.234 e. The zero-order chi connectivity index (χ0) is 20.7. The highest BCUT2D eigenvalue weighted by Gasteiger charge is 2.72. The first-order valence-electron chi connectivity index (χ1n) is 9.29. The molecule has 1 aliphatic heterocycles. The van der Waals surface area contributed by atoms with Crippen molar-refractivity contribution < 1.29 is 14.7 Å². The summed E-state index contributed by atoms with van der Waals surface area (Å²) in [7, 11) is 0. The number of aromatic nitrogens is 2. The molecule has 3 aromatic rings. The van der Waals surface area contributed by atoms with E-state index in [0.29, 0.717) is 16.4 Å². The highest BCUT2D eigenvalue weighted by Crippen LogP contribution is 2.63. The molecule has 2 aliphatic rings. The molecule has 5 rings (SSSR count). The Labute approximate surface area is 176 Å². The maximum absolute atomic E-state index is 12.6. The third-order valence-electron chi connectivity index (χ3n) is 6.08. The second-order valence-electron chi connectivity index (χ2n) is 8.28. The molecule has 0 spiro atoms. The number of thiophene rings is 1. The minimum atomic E-state index is -0.215. The topological polar surface area (TPSA) is 83.4 Å².